The summed E-state index contributed by atoms with van der Waals surface area (Å²) in [7, 11) is 0. The van der Waals surface area contributed by atoms with Crippen molar-refractivity contribution in [1.29, 1.82) is 0 Å². The molecule has 0 spiro atoms. The van der Waals surface area contributed by atoms with Gasteiger partial charge < -0.3 is 0 Å². The van der Waals surface area contributed by atoms with Crippen LogP contribution in [0.5, 0.6) is 0 Å². The standard InChI is InChI=1S/C22H23F2N3O/c1-2-19-25-18-12-6-8-16(9-7-13-26-14-22(23,24)15-26)20(18)21(28)27(19)17-10-4-3-5-11-17/h3-6,8,10-12H,2,7,9,13-15H2,1H3. The van der Waals surface area contributed by atoms with Crippen LogP contribution in [0.1, 0.15) is 24.7 Å². The Balaban J connectivity index is 1.67. The van der Waals surface area contributed by atoms with Gasteiger partial charge in [-0.15, -0.1) is 0 Å². The van der Waals surface area contributed by atoms with Gasteiger partial charge in [0, 0.05) is 6.42 Å². The molecule has 0 amide bonds. The summed E-state index contributed by atoms with van der Waals surface area (Å²) in [6.45, 7) is 2.27. The van der Waals surface area contributed by atoms with Gasteiger partial charge in [-0.05, 0) is 43.1 Å². The van der Waals surface area contributed by atoms with E-state index in [1.807, 2.05) is 55.5 Å². The molecule has 0 atom stereocenters. The number of nitrogens with zero attached hydrogens (tertiary/aromatic N) is 3. The minimum Gasteiger partial charge on any atom is -0.291 e. The Morgan fingerprint density at radius 3 is 2.50 bits per heavy atom. The fourth-order valence-corrected chi connectivity index (χ4v) is 3.89. The van der Waals surface area contributed by atoms with Crippen molar-refractivity contribution in [2.24, 2.45) is 0 Å². The second kappa shape index (κ2) is 7.43. The van der Waals surface area contributed by atoms with E-state index >= 15 is 0 Å². The molecule has 1 fully saturated rings. The zero-order valence-corrected chi connectivity index (χ0v) is 15.9. The maximum Gasteiger partial charge on any atom is 0.272 e. The van der Waals surface area contributed by atoms with Crippen LogP contribution in [0.15, 0.2) is 53.3 Å². The van der Waals surface area contributed by atoms with E-state index in [4.69, 9.17) is 4.98 Å². The average Bonchev–Trinajstić information content (AvgIpc) is 2.67. The Kier molecular flexibility index (Phi) is 4.98. The van der Waals surface area contributed by atoms with E-state index in [9.17, 15) is 13.6 Å². The summed E-state index contributed by atoms with van der Waals surface area (Å²) in [6.07, 6.45) is 2.04. The molecule has 1 aromatic heterocycles. The van der Waals surface area contributed by atoms with Gasteiger partial charge in [0.1, 0.15) is 5.82 Å². The van der Waals surface area contributed by atoms with Crippen molar-refractivity contribution in [1.82, 2.24) is 14.5 Å². The number of hydrogen-bond donors (Lipinski definition) is 0. The lowest BCUT2D eigenvalue weighted by atomic mass is 10.0. The van der Waals surface area contributed by atoms with Crippen LogP contribution in [0, 0.1) is 0 Å². The number of aromatic nitrogens is 2. The SMILES string of the molecule is CCc1nc2cccc(CCCN3CC(F)(F)C3)c2c(=O)n1-c1ccccc1. The number of hydrogen-bond acceptors (Lipinski definition) is 3. The molecule has 1 aliphatic rings. The summed E-state index contributed by atoms with van der Waals surface area (Å²) >= 11 is 0. The molecule has 2 aromatic carbocycles. The lowest BCUT2D eigenvalue weighted by Gasteiger charge is -2.38. The minimum absolute atomic E-state index is 0.0702. The molecule has 28 heavy (non-hydrogen) atoms. The van der Waals surface area contributed by atoms with E-state index in [1.165, 1.54) is 0 Å². The van der Waals surface area contributed by atoms with E-state index < -0.39 is 5.92 Å². The Morgan fingerprint density at radius 2 is 1.82 bits per heavy atom. The molecule has 4 rings (SSSR count). The summed E-state index contributed by atoms with van der Waals surface area (Å²) in [4.78, 5) is 19.9. The molecule has 2 heterocycles. The van der Waals surface area contributed by atoms with Crippen molar-refractivity contribution in [2.45, 2.75) is 32.1 Å². The van der Waals surface area contributed by atoms with Crippen LogP contribution in [-0.2, 0) is 12.8 Å². The van der Waals surface area contributed by atoms with Gasteiger partial charge in [0.25, 0.3) is 11.5 Å². The van der Waals surface area contributed by atoms with E-state index in [0.717, 1.165) is 23.5 Å². The van der Waals surface area contributed by atoms with E-state index in [0.29, 0.717) is 30.3 Å². The highest BCUT2D eigenvalue weighted by molar-refractivity contribution is 5.81. The van der Waals surface area contributed by atoms with Gasteiger partial charge in [0.2, 0.25) is 0 Å². The normalized spacial score (nSPS) is 16.2. The predicted octanol–water partition coefficient (Wildman–Crippen LogP) is 3.83. The Bertz CT molecular complexity index is 1040. The predicted molar refractivity (Wildman–Crippen MR) is 106 cm³/mol. The Morgan fingerprint density at radius 1 is 1.07 bits per heavy atom. The first-order chi connectivity index (χ1) is 13.5. The van der Waals surface area contributed by atoms with Gasteiger partial charge in [-0.3, -0.25) is 14.3 Å². The van der Waals surface area contributed by atoms with Crippen LogP contribution in [0.25, 0.3) is 16.6 Å². The van der Waals surface area contributed by atoms with Gasteiger partial charge in [0.05, 0.1) is 29.7 Å². The summed E-state index contributed by atoms with van der Waals surface area (Å²) in [5.74, 6) is -1.81. The second-order valence-corrected chi connectivity index (χ2v) is 7.34. The van der Waals surface area contributed by atoms with E-state index in [1.54, 1.807) is 9.47 Å². The summed E-state index contributed by atoms with van der Waals surface area (Å²) in [5, 5.41) is 0.623. The van der Waals surface area contributed by atoms with Crippen LogP contribution in [0.3, 0.4) is 0 Å². The molecule has 0 bridgehead atoms. The van der Waals surface area contributed by atoms with Crippen molar-refractivity contribution in [3.05, 3.63) is 70.3 Å². The number of para-hydroxylation sites is 1. The van der Waals surface area contributed by atoms with Crippen LogP contribution in [-0.4, -0.2) is 40.0 Å². The molecule has 4 nitrogen and oxygen atoms in total. The first-order valence-electron chi connectivity index (χ1n) is 9.67. The molecule has 0 aliphatic carbocycles. The van der Waals surface area contributed by atoms with Gasteiger partial charge in [-0.25, -0.2) is 13.8 Å². The lowest BCUT2D eigenvalue weighted by molar-refractivity contribution is -0.130. The second-order valence-electron chi connectivity index (χ2n) is 7.34. The number of alkyl halides is 2. The molecule has 0 radical (unpaired) electrons. The fraction of sp³-hybridized carbons (Fsp3) is 0.364. The molecule has 146 valence electrons. The Hall–Kier alpha value is -2.60. The van der Waals surface area contributed by atoms with Gasteiger partial charge in [-0.2, -0.15) is 0 Å². The third-order valence-electron chi connectivity index (χ3n) is 5.21. The Labute approximate surface area is 162 Å². The number of fused-ring (bicyclic) bond motifs is 1. The first-order valence-corrected chi connectivity index (χ1v) is 9.67. The van der Waals surface area contributed by atoms with Crippen molar-refractivity contribution in [3.63, 3.8) is 0 Å². The van der Waals surface area contributed by atoms with Crippen molar-refractivity contribution < 1.29 is 8.78 Å². The zero-order valence-electron chi connectivity index (χ0n) is 15.9. The molecule has 0 unspecified atom stereocenters. The molecular formula is C22H23F2N3O. The summed E-state index contributed by atoms with van der Waals surface area (Å²) in [6, 6.07) is 15.2. The van der Waals surface area contributed by atoms with Crippen LogP contribution in [0.4, 0.5) is 8.78 Å². The first kappa shape index (κ1) is 18.7. The van der Waals surface area contributed by atoms with Crippen LogP contribution in [0.2, 0.25) is 0 Å². The average molecular weight is 383 g/mol. The summed E-state index contributed by atoms with van der Waals surface area (Å²) in [5.41, 5.74) is 2.35. The minimum atomic E-state index is -2.54. The molecular weight excluding hydrogens is 360 g/mol. The number of aryl methyl sites for hydroxylation is 2. The quantitative estimate of drug-likeness (QED) is 0.649. The van der Waals surface area contributed by atoms with Crippen molar-refractivity contribution in [2.75, 3.05) is 19.6 Å². The van der Waals surface area contributed by atoms with Crippen LogP contribution < -0.4 is 5.56 Å². The molecule has 6 heteroatoms. The largest absolute Gasteiger partial charge is 0.291 e. The maximum absolute atomic E-state index is 13.4. The van der Waals surface area contributed by atoms with E-state index in [2.05, 4.69) is 0 Å². The van der Waals surface area contributed by atoms with Gasteiger partial charge in [-0.1, -0.05) is 37.3 Å². The highest BCUT2D eigenvalue weighted by atomic mass is 19.3. The topological polar surface area (TPSA) is 38.1 Å². The van der Waals surface area contributed by atoms with Crippen molar-refractivity contribution in [3.8, 4) is 5.69 Å². The third kappa shape index (κ3) is 3.56. The fourth-order valence-electron chi connectivity index (χ4n) is 3.89. The van der Waals surface area contributed by atoms with Crippen molar-refractivity contribution >= 4 is 10.9 Å². The molecule has 1 saturated heterocycles. The third-order valence-corrected chi connectivity index (χ3v) is 5.21. The molecule has 1 aliphatic heterocycles. The number of likely N-dealkylation sites (tertiary alicyclic amines) is 1. The highest BCUT2D eigenvalue weighted by Gasteiger charge is 2.43. The monoisotopic (exact) mass is 383 g/mol. The maximum atomic E-state index is 13.4. The lowest BCUT2D eigenvalue weighted by Crippen LogP contribution is -2.56. The number of benzene rings is 2. The molecule has 0 saturated carbocycles. The number of halogens is 2. The number of rotatable bonds is 6. The van der Waals surface area contributed by atoms with Gasteiger partial charge in [0.15, 0.2) is 0 Å². The van der Waals surface area contributed by atoms with Gasteiger partial charge >= 0.3 is 0 Å². The van der Waals surface area contributed by atoms with E-state index in [-0.39, 0.29) is 18.6 Å². The smallest absolute Gasteiger partial charge is 0.272 e. The summed E-state index contributed by atoms with van der Waals surface area (Å²) < 4.78 is 27.6. The highest BCUT2D eigenvalue weighted by Crippen LogP contribution is 2.27. The van der Waals surface area contributed by atoms with Crippen LogP contribution >= 0.6 is 0 Å². The molecule has 3 aromatic rings. The zero-order chi connectivity index (χ0) is 19.7. The molecule has 0 N–H and O–H groups in total.